The smallest absolute Gasteiger partial charge is 0.200 e. The largest absolute Gasteiger partial charge is 0.369 e. The van der Waals surface area contributed by atoms with E-state index in [9.17, 15) is 0 Å². The lowest BCUT2D eigenvalue weighted by atomic mass is 10.1. The van der Waals surface area contributed by atoms with E-state index in [4.69, 9.17) is 5.73 Å². The van der Waals surface area contributed by atoms with Crippen LogP contribution in [0.2, 0.25) is 0 Å². The van der Waals surface area contributed by atoms with Crippen LogP contribution in [0.5, 0.6) is 0 Å². The highest BCUT2D eigenvalue weighted by atomic mass is 15.1. The summed E-state index contributed by atoms with van der Waals surface area (Å²) in [6, 6.07) is 5.97. The molecule has 0 radical (unpaired) electrons. The number of H-pyrrole nitrogens is 1. The van der Waals surface area contributed by atoms with Crippen LogP contribution < -0.4 is 5.73 Å². The Hall–Kier alpha value is -2.30. The fourth-order valence-electron chi connectivity index (χ4n) is 1.71. The Balaban J connectivity index is 2.17. The zero-order valence-electron chi connectivity index (χ0n) is 8.81. The number of nitrogens with zero attached hydrogens (tertiary/aromatic N) is 3. The SMILES string of the molecule is Cn1cc(-c2ccc3nc[nH]c3c2)nc1N. The predicted molar refractivity (Wildman–Crippen MR) is 62.7 cm³/mol. The molecule has 0 saturated carbocycles. The van der Waals surface area contributed by atoms with Crippen molar-refractivity contribution in [3.63, 3.8) is 0 Å². The van der Waals surface area contributed by atoms with Gasteiger partial charge in [-0.3, -0.25) is 0 Å². The molecule has 5 nitrogen and oxygen atoms in total. The van der Waals surface area contributed by atoms with E-state index in [1.807, 2.05) is 31.4 Å². The van der Waals surface area contributed by atoms with Gasteiger partial charge in [0.15, 0.2) is 5.95 Å². The van der Waals surface area contributed by atoms with E-state index in [-0.39, 0.29) is 0 Å². The van der Waals surface area contributed by atoms with Crippen molar-refractivity contribution in [1.29, 1.82) is 0 Å². The third-order valence-electron chi connectivity index (χ3n) is 2.63. The van der Waals surface area contributed by atoms with E-state index in [1.54, 1.807) is 10.9 Å². The topological polar surface area (TPSA) is 72.5 Å². The lowest BCUT2D eigenvalue weighted by Gasteiger charge is -1.95. The first-order chi connectivity index (χ1) is 7.74. The molecular weight excluding hydrogens is 202 g/mol. The maximum atomic E-state index is 5.70. The minimum Gasteiger partial charge on any atom is -0.369 e. The molecule has 3 N–H and O–H groups in total. The Bertz CT molecular complexity index is 630. The molecule has 0 aliphatic rings. The molecule has 3 aromatic rings. The zero-order chi connectivity index (χ0) is 11.1. The zero-order valence-corrected chi connectivity index (χ0v) is 8.81. The average molecular weight is 213 g/mol. The molecule has 0 fully saturated rings. The molecule has 2 heterocycles. The Morgan fingerprint density at radius 2 is 2.25 bits per heavy atom. The van der Waals surface area contributed by atoms with Gasteiger partial charge in [0.1, 0.15) is 0 Å². The summed E-state index contributed by atoms with van der Waals surface area (Å²) in [7, 11) is 1.88. The standard InChI is InChI=1S/C11H11N5/c1-16-5-10(15-11(16)12)7-2-3-8-9(4-7)14-6-13-8/h2-6H,1H3,(H2,12,15)(H,13,14). The van der Waals surface area contributed by atoms with E-state index in [0.29, 0.717) is 5.95 Å². The molecule has 80 valence electrons. The van der Waals surface area contributed by atoms with E-state index in [2.05, 4.69) is 15.0 Å². The quantitative estimate of drug-likeness (QED) is 0.644. The highest BCUT2D eigenvalue weighted by Gasteiger charge is 2.05. The second kappa shape index (κ2) is 3.10. The maximum Gasteiger partial charge on any atom is 0.200 e. The van der Waals surface area contributed by atoms with Gasteiger partial charge in [0.05, 0.1) is 23.1 Å². The van der Waals surface area contributed by atoms with Gasteiger partial charge in [-0.05, 0) is 12.1 Å². The molecule has 0 spiro atoms. The van der Waals surface area contributed by atoms with Crippen LogP contribution in [0.1, 0.15) is 0 Å². The van der Waals surface area contributed by atoms with Crippen LogP contribution in [-0.2, 0) is 7.05 Å². The number of aromatic amines is 1. The van der Waals surface area contributed by atoms with Crippen LogP contribution in [0.25, 0.3) is 22.3 Å². The van der Waals surface area contributed by atoms with Crippen molar-refractivity contribution < 1.29 is 0 Å². The van der Waals surface area contributed by atoms with Crippen LogP contribution in [0.4, 0.5) is 5.95 Å². The summed E-state index contributed by atoms with van der Waals surface area (Å²) in [6.45, 7) is 0. The van der Waals surface area contributed by atoms with Crippen LogP contribution in [0.3, 0.4) is 0 Å². The number of aryl methyl sites for hydroxylation is 1. The fourth-order valence-corrected chi connectivity index (χ4v) is 1.71. The van der Waals surface area contributed by atoms with Crippen molar-refractivity contribution >= 4 is 17.0 Å². The average Bonchev–Trinajstić information content (AvgIpc) is 2.85. The highest BCUT2D eigenvalue weighted by molar-refractivity contribution is 5.80. The predicted octanol–water partition coefficient (Wildman–Crippen LogP) is 1.55. The van der Waals surface area contributed by atoms with Gasteiger partial charge >= 0.3 is 0 Å². The summed E-state index contributed by atoms with van der Waals surface area (Å²) in [5.41, 5.74) is 9.56. The van der Waals surface area contributed by atoms with Crippen molar-refractivity contribution in [3.8, 4) is 11.3 Å². The molecule has 0 bridgehead atoms. The van der Waals surface area contributed by atoms with Crippen molar-refractivity contribution in [3.05, 3.63) is 30.7 Å². The minimum absolute atomic E-state index is 0.514. The highest BCUT2D eigenvalue weighted by Crippen LogP contribution is 2.22. The Labute approximate surface area is 91.9 Å². The van der Waals surface area contributed by atoms with Gasteiger partial charge in [0.25, 0.3) is 0 Å². The maximum absolute atomic E-state index is 5.70. The summed E-state index contributed by atoms with van der Waals surface area (Å²) in [6.07, 6.45) is 3.59. The molecule has 16 heavy (non-hydrogen) atoms. The van der Waals surface area contributed by atoms with Gasteiger partial charge in [0, 0.05) is 18.8 Å². The normalized spacial score (nSPS) is 11.1. The molecule has 0 saturated heterocycles. The molecule has 3 rings (SSSR count). The molecule has 2 aromatic heterocycles. The lowest BCUT2D eigenvalue weighted by molar-refractivity contribution is 0.930. The number of nitrogens with one attached hydrogen (secondary N) is 1. The summed E-state index contributed by atoms with van der Waals surface area (Å²) >= 11 is 0. The van der Waals surface area contributed by atoms with Gasteiger partial charge in [-0.2, -0.15) is 0 Å². The van der Waals surface area contributed by atoms with Crippen molar-refractivity contribution in [2.75, 3.05) is 5.73 Å². The number of rotatable bonds is 1. The third kappa shape index (κ3) is 1.25. The van der Waals surface area contributed by atoms with Gasteiger partial charge in [-0.15, -0.1) is 0 Å². The molecule has 0 atom stereocenters. The second-order valence-corrected chi connectivity index (χ2v) is 3.73. The monoisotopic (exact) mass is 213 g/mol. The van der Waals surface area contributed by atoms with Gasteiger partial charge in [-0.25, -0.2) is 9.97 Å². The van der Waals surface area contributed by atoms with Gasteiger partial charge in [0.2, 0.25) is 0 Å². The molecule has 5 heteroatoms. The number of anilines is 1. The first-order valence-corrected chi connectivity index (χ1v) is 4.96. The number of hydrogen-bond donors (Lipinski definition) is 2. The third-order valence-corrected chi connectivity index (χ3v) is 2.63. The first-order valence-electron chi connectivity index (χ1n) is 4.96. The molecule has 0 amide bonds. The minimum atomic E-state index is 0.514. The summed E-state index contributed by atoms with van der Waals surface area (Å²) < 4.78 is 1.80. The van der Waals surface area contributed by atoms with Crippen LogP contribution in [-0.4, -0.2) is 19.5 Å². The summed E-state index contributed by atoms with van der Waals surface area (Å²) in [4.78, 5) is 11.5. The molecule has 1 aromatic carbocycles. The lowest BCUT2D eigenvalue weighted by Crippen LogP contribution is -1.94. The first kappa shape index (κ1) is 8.96. The van der Waals surface area contributed by atoms with E-state index in [0.717, 1.165) is 22.3 Å². The number of hydrogen-bond acceptors (Lipinski definition) is 3. The summed E-state index contributed by atoms with van der Waals surface area (Å²) in [5.74, 6) is 0.514. The van der Waals surface area contributed by atoms with Crippen LogP contribution in [0.15, 0.2) is 30.7 Å². The summed E-state index contributed by atoms with van der Waals surface area (Å²) in [5, 5.41) is 0. The molecular formula is C11H11N5. The Morgan fingerprint density at radius 3 is 3.00 bits per heavy atom. The molecule has 0 aliphatic heterocycles. The van der Waals surface area contributed by atoms with Crippen LogP contribution in [0, 0.1) is 0 Å². The van der Waals surface area contributed by atoms with E-state index < -0.39 is 0 Å². The van der Waals surface area contributed by atoms with Gasteiger partial charge in [-0.1, -0.05) is 6.07 Å². The second-order valence-electron chi connectivity index (χ2n) is 3.73. The van der Waals surface area contributed by atoms with Crippen molar-refractivity contribution in [2.45, 2.75) is 0 Å². The van der Waals surface area contributed by atoms with Crippen molar-refractivity contribution in [1.82, 2.24) is 19.5 Å². The van der Waals surface area contributed by atoms with Gasteiger partial charge < -0.3 is 15.3 Å². The Kier molecular flexibility index (Phi) is 1.73. The fraction of sp³-hybridized carbons (Fsp3) is 0.0909. The number of benzene rings is 1. The number of fused-ring (bicyclic) bond motifs is 1. The number of imidazole rings is 2. The Morgan fingerprint density at radius 1 is 1.38 bits per heavy atom. The molecule has 0 unspecified atom stereocenters. The van der Waals surface area contributed by atoms with E-state index >= 15 is 0 Å². The number of nitrogens with two attached hydrogens (primary N) is 1. The number of nitrogen functional groups attached to an aromatic ring is 1. The molecule has 0 aliphatic carbocycles. The van der Waals surface area contributed by atoms with E-state index in [1.165, 1.54) is 0 Å². The number of aromatic nitrogens is 4. The van der Waals surface area contributed by atoms with Crippen molar-refractivity contribution in [2.24, 2.45) is 7.05 Å². The van der Waals surface area contributed by atoms with Crippen LogP contribution >= 0.6 is 0 Å².